The third-order valence-electron chi connectivity index (χ3n) is 2.58. The van der Waals surface area contributed by atoms with Crippen molar-refractivity contribution in [3.63, 3.8) is 0 Å². The molecule has 1 aromatic carbocycles. The van der Waals surface area contributed by atoms with Crippen molar-refractivity contribution in [1.82, 2.24) is 9.55 Å². The lowest BCUT2D eigenvalue weighted by atomic mass is 10.3. The minimum absolute atomic E-state index is 0.103. The van der Waals surface area contributed by atoms with E-state index in [2.05, 4.69) is 4.98 Å². The molecule has 0 bridgehead atoms. The number of aliphatic hydroxyl groups is 1. The van der Waals surface area contributed by atoms with Crippen LogP contribution in [0.15, 0.2) is 18.2 Å². The SMILES string of the molecule is CCn1c(C(O)CN)nc2ccc(F)cc21. The number of nitrogens with two attached hydrogens (primary N) is 1. The molecule has 5 heteroatoms. The van der Waals surface area contributed by atoms with Crippen molar-refractivity contribution < 1.29 is 9.50 Å². The van der Waals surface area contributed by atoms with E-state index in [1.54, 1.807) is 10.6 Å². The summed E-state index contributed by atoms with van der Waals surface area (Å²) in [6.07, 6.45) is -0.810. The van der Waals surface area contributed by atoms with E-state index in [1.165, 1.54) is 12.1 Å². The standard InChI is InChI=1S/C11H14FN3O/c1-2-15-9-5-7(12)3-4-8(9)14-11(15)10(16)6-13/h3-5,10,16H,2,6,13H2,1H3. The number of rotatable bonds is 3. The molecule has 86 valence electrons. The Morgan fingerprint density at radius 2 is 2.31 bits per heavy atom. The van der Waals surface area contributed by atoms with Gasteiger partial charge in [0.25, 0.3) is 0 Å². The summed E-state index contributed by atoms with van der Waals surface area (Å²) in [4.78, 5) is 4.26. The average Bonchev–Trinajstić information content (AvgIpc) is 2.65. The number of hydrogen-bond acceptors (Lipinski definition) is 3. The highest BCUT2D eigenvalue weighted by atomic mass is 19.1. The second-order valence-corrected chi connectivity index (χ2v) is 3.60. The molecule has 0 aliphatic heterocycles. The lowest BCUT2D eigenvalue weighted by Crippen LogP contribution is -2.16. The molecule has 0 fully saturated rings. The van der Waals surface area contributed by atoms with Gasteiger partial charge in [-0.25, -0.2) is 9.37 Å². The molecule has 0 spiro atoms. The van der Waals surface area contributed by atoms with Crippen LogP contribution in [-0.4, -0.2) is 21.2 Å². The largest absolute Gasteiger partial charge is 0.384 e. The second-order valence-electron chi connectivity index (χ2n) is 3.60. The van der Waals surface area contributed by atoms with Crippen molar-refractivity contribution >= 4 is 11.0 Å². The van der Waals surface area contributed by atoms with E-state index in [9.17, 15) is 9.50 Å². The first kappa shape index (κ1) is 11.0. The van der Waals surface area contributed by atoms with E-state index in [1.807, 2.05) is 6.92 Å². The summed E-state index contributed by atoms with van der Waals surface area (Å²) in [5, 5.41) is 9.71. The molecule has 3 N–H and O–H groups in total. The first-order chi connectivity index (χ1) is 7.67. The minimum atomic E-state index is -0.810. The van der Waals surface area contributed by atoms with Gasteiger partial charge in [-0.05, 0) is 25.1 Å². The van der Waals surface area contributed by atoms with Crippen LogP contribution in [0.5, 0.6) is 0 Å². The summed E-state index contributed by atoms with van der Waals surface area (Å²) in [6.45, 7) is 2.64. The number of halogens is 1. The zero-order valence-electron chi connectivity index (χ0n) is 9.02. The molecule has 16 heavy (non-hydrogen) atoms. The number of imidazole rings is 1. The summed E-state index contributed by atoms with van der Waals surface area (Å²) in [6, 6.07) is 4.37. The zero-order valence-corrected chi connectivity index (χ0v) is 9.02. The van der Waals surface area contributed by atoms with Gasteiger partial charge in [-0.2, -0.15) is 0 Å². The van der Waals surface area contributed by atoms with E-state index in [0.717, 1.165) is 0 Å². The maximum Gasteiger partial charge on any atom is 0.140 e. The second kappa shape index (κ2) is 4.19. The minimum Gasteiger partial charge on any atom is -0.384 e. The van der Waals surface area contributed by atoms with Crippen LogP contribution in [0.2, 0.25) is 0 Å². The third kappa shape index (κ3) is 1.68. The monoisotopic (exact) mass is 223 g/mol. The molecule has 2 rings (SSSR count). The van der Waals surface area contributed by atoms with Gasteiger partial charge in [0.1, 0.15) is 17.7 Å². The number of aryl methyl sites for hydroxylation is 1. The molecule has 2 aromatic rings. The van der Waals surface area contributed by atoms with Gasteiger partial charge in [-0.3, -0.25) is 0 Å². The van der Waals surface area contributed by atoms with Gasteiger partial charge >= 0.3 is 0 Å². The Kier molecular flexibility index (Phi) is 2.89. The van der Waals surface area contributed by atoms with E-state index in [4.69, 9.17) is 5.73 Å². The molecule has 4 nitrogen and oxygen atoms in total. The van der Waals surface area contributed by atoms with E-state index in [-0.39, 0.29) is 12.4 Å². The van der Waals surface area contributed by atoms with E-state index < -0.39 is 6.10 Å². The number of nitrogens with zero attached hydrogens (tertiary/aromatic N) is 2. The molecule has 0 aliphatic rings. The van der Waals surface area contributed by atoms with Crippen LogP contribution in [0.3, 0.4) is 0 Å². The summed E-state index contributed by atoms with van der Waals surface area (Å²) in [5.74, 6) is 0.182. The molecule has 1 atom stereocenters. The van der Waals surface area contributed by atoms with Crippen molar-refractivity contribution in [2.24, 2.45) is 5.73 Å². The highest BCUT2D eigenvalue weighted by Crippen LogP contribution is 2.21. The van der Waals surface area contributed by atoms with Crippen molar-refractivity contribution in [2.45, 2.75) is 19.6 Å². The Morgan fingerprint density at radius 3 is 2.94 bits per heavy atom. The highest BCUT2D eigenvalue weighted by molar-refractivity contribution is 5.76. The summed E-state index contributed by atoms with van der Waals surface area (Å²) in [7, 11) is 0. The molecule has 0 radical (unpaired) electrons. The van der Waals surface area contributed by atoms with Gasteiger partial charge in [0.05, 0.1) is 11.0 Å². The van der Waals surface area contributed by atoms with Crippen LogP contribution >= 0.6 is 0 Å². The normalized spacial score (nSPS) is 13.2. The van der Waals surface area contributed by atoms with Gasteiger partial charge in [0.2, 0.25) is 0 Å². The molecule has 1 aromatic heterocycles. The Hall–Kier alpha value is -1.46. The molecule has 1 heterocycles. The van der Waals surface area contributed by atoms with Crippen molar-refractivity contribution in [1.29, 1.82) is 0 Å². The molecule has 0 saturated carbocycles. The lowest BCUT2D eigenvalue weighted by Gasteiger charge is -2.09. The maximum absolute atomic E-state index is 13.1. The van der Waals surface area contributed by atoms with Gasteiger partial charge in [-0.15, -0.1) is 0 Å². The fraction of sp³-hybridized carbons (Fsp3) is 0.364. The number of aliphatic hydroxyl groups excluding tert-OH is 1. The molecular formula is C11H14FN3O. The molecule has 1 unspecified atom stereocenters. The quantitative estimate of drug-likeness (QED) is 0.821. The molecule has 0 saturated heterocycles. The van der Waals surface area contributed by atoms with Crippen molar-refractivity contribution in [3.8, 4) is 0 Å². The summed E-state index contributed by atoms with van der Waals surface area (Å²) in [5.41, 5.74) is 6.76. The highest BCUT2D eigenvalue weighted by Gasteiger charge is 2.16. The Bertz CT molecular complexity index is 509. The number of aromatic nitrogens is 2. The fourth-order valence-corrected chi connectivity index (χ4v) is 1.81. The predicted octanol–water partition coefficient (Wildman–Crippen LogP) is 1.19. The summed E-state index contributed by atoms with van der Waals surface area (Å²) >= 11 is 0. The Balaban J connectivity index is 2.66. The van der Waals surface area contributed by atoms with Crippen LogP contribution in [0.4, 0.5) is 4.39 Å². The first-order valence-electron chi connectivity index (χ1n) is 5.21. The van der Waals surface area contributed by atoms with E-state index >= 15 is 0 Å². The Labute approximate surface area is 92.5 Å². The van der Waals surface area contributed by atoms with Gasteiger partial charge in [0, 0.05) is 13.1 Å². The number of hydrogen-bond donors (Lipinski definition) is 2. The van der Waals surface area contributed by atoms with Crippen LogP contribution in [-0.2, 0) is 6.54 Å². The van der Waals surface area contributed by atoms with Crippen LogP contribution in [0.25, 0.3) is 11.0 Å². The van der Waals surface area contributed by atoms with Crippen molar-refractivity contribution in [3.05, 3.63) is 29.8 Å². The van der Waals surface area contributed by atoms with E-state index in [0.29, 0.717) is 23.4 Å². The maximum atomic E-state index is 13.1. The molecular weight excluding hydrogens is 209 g/mol. The Morgan fingerprint density at radius 1 is 1.56 bits per heavy atom. The first-order valence-corrected chi connectivity index (χ1v) is 5.21. The molecule has 0 amide bonds. The van der Waals surface area contributed by atoms with Crippen LogP contribution in [0, 0.1) is 5.82 Å². The van der Waals surface area contributed by atoms with Crippen LogP contribution in [0.1, 0.15) is 18.9 Å². The van der Waals surface area contributed by atoms with Gasteiger partial charge in [-0.1, -0.05) is 0 Å². The number of benzene rings is 1. The van der Waals surface area contributed by atoms with Crippen LogP contribution < -0.4 is 5.73 Å². The predicted molar refractivity (Wildman–Crippen MR) is 59.4 cm³/mol. The lowest BCUT2D eigenvalue weighted by molar-refractivity contribution is 0.172. The van der Waals surface area contributed by atoms with Gasteiger partial charge < -0.3 is 15.4 Å². The number of fused-ring (bicyclic) bond motifs is 1. The smallest absolute Gasteiger partial charge is 0.140 e. The summed E-state index contributed by atoms with van der Waals surface area (Å²) < 4.78 is 14.9. The van der Waals surface area contributed by atoms with Crippen molar-refractivity contribution in [2.75, 3.05) is 6.54 Å². The topological polar surface area (TPSA) is 64.1 Å². The average molecular weight is 223 g/mol. The third-order valence-corrected chi connectivity index (χ3v) is 2.58. The zero-order chi connectivity index (χ0) is 11.7. The fourth-order valence-electron chi connectivity index (χ4n) is 1.81. The van der Waals surface area contributed by atoms with Gasteiger partial charge in [0.15, 0.2) is 0 Å². The molecule has 0 aliphatic carbocycles.